The van der Waals surface area contributed by atoms with E-state index in [1.807, 2.05) is 0 Å². The molecular formula is C12H22ClNO2. The van der Waals surface area contributed by atoms with Gasteiger partial charge < -0.3 is 10.0 Å². The van der Waals surface area contributed by atoms with Gasteiger partial charge in [-0.15, -0.1) is 11.6 Å². The molecule has 1 aliphatic rings. The first-order valence-corrected chi connectivity index (χ1v) is 6.46. The number of hydrogen-bond donors (Lipinski definition) is 1. The minimum atomic E-state index is -0.463. The monoisotopic (exact) mass is 247 g/mol. The summed E-state index contributed by atoms with van der Waals surface area (Å²) in [5.74, 6) is 0.735. The lowest BCUT2D eigenvalue weighted by Crippen LogP contribution is -2.48. The third-order valence-electron chi connectivity index (χ3n) is 3.12. The highest BCUT2D eigenvalue weighted by molar-refractivity contribution is 6.30. The molecule has 1 saturated heterocycles. The first-order chi connectivity index (χ1) is 7.41. The summed E-state index contributed by atoms with van der Waals surface area (Å²) in [4.78, 5) is 13.5. The number of aliphatic hydroxyl groups is 1. The molecule has 0 bridgehead atoms. The zero-order valence-corrected chi connectivity index (χ0v) is 11.1. The van der Waals surface area contributed by atoms with Crippen LogP contribution in [-0.4, -0.2) is 40.5 Å². The van der Waals surface area contributed by atoms with Crippen molar-refractivity contribution in [3.63, 3.8) is 0 Å². The van der Waals surface area contributed by atoms with Gasteiger partial charge in [0.05, 0.1) is 6.10 Å². The lowest BCUT2D eigenvalue weighted by atomic mass is 9.87. The first-order valence-electron chi connectivity index (χ1n) is 6.02. The van der Waals surface area contributed by atoms with Crippen LogP contribution in [0.3, 0.4) is 0 Å². The summed E-state index contributed by atoms with van der Waals surface area (Å²) in [7, 11) is 0. The normalized spacial score (nSPS) is 28.2. The Kier molecular flexibility index (Phi) is 5.06. The van der Waals surface area contributed by atoms with Crippen LogP contribution in [0.2, 0.25) is 0 Å². The molecule has 0 aromatic rings. The Hall–Kier alpha value is -0.280. The topological polar surface area (TPSA) is 40.5 Å². The van der Waals surface area contributed by atoms with Gasteiger partial charge in [-0.25, -0.2) is 0 Å². The van der Waals surface area contributed by atoms with Crippen molar-refractivity contribution < 1.29 is 9.90 Å². The predicted octanol–water partition coefficient (Wildman–Crippen LogP) is 1.87. The second-order valence-corrected chi connectivity index (χ2v) is 5.80. The van der Waals surface area contributed by atoms with E-state index >= 15 is 0 Å². The van der Waals surface area contributed by atoms with E-state index < -0.39 is 5.38 Å². The number of amides is 1. The summed E-state index contributed by atoms with van der Waals surface area (Å²) >= 11 is 5.80. The Bertz CT molecular complexity index is 243. The van der Waals surface area contributed by atoms with Crippen molar-refractivity contribution in [2.24, 2.45) is 11.8 Å². The van der Waals surface area contributed by atoms with E-state index in [0.29, 0.717) is 25.4 Å². The fraction of sp³-hybridized carbons (Fsp3) is 0.917. The highest BCUT2D eigenvalue weighted by Gasteiger charge is 2.31. The summed E-state index contributed by atoms with van der Waals surface area (Å²) in [5.41, 5.74) is 0. The predicted molar refractivity (Wildman–Crippen MR) is 65.5 cm³/mol. The maximum atomic E-state index is 11.7. The van der Waals surface area contributed by atoms with Crippen LogP contribution >= 0.6 is 11.6 Å². The van der Waals surface area contributed by atoms with Crippen molar-refractivity contribution >= 4 is 17.5 Å². The van der Waals surface area contributed by atoms with E-state index in [-0.39, 0.29) is 17.9 Å². The van der Waals surface area contributed by atoms with Crippen LogP contribution < -0.4 is 0 Å². The highest BCUT2D eigenvalue weighted by atomic mass is 35.5. The summed E-state index contributed by atoms with van der Waals surface area (Å²) in [5, 5.41) is 9.42. The van der Waals surface area contributed by atoms with E-state index in [0.717, 1.165) is 6.42 Å². The van der Waals surface area contributed by atoms with E-state index in [9.17, 15) is 9.90 Å². The minimum absolute atomic E-state index is 0.0117. The second-order valence-electron chi connectivity index (χ2n) is 5.15. The number of piperidine rings is 1. The summed E-state index contributed by atoms with van der Waals surface area (Å²) in [6, 6.07) is 0. The Morgan fingerprint density at radius 3 is 2.62 bits per heavy atom. The third-order valence-corrected chi connectivity index (χ3v) is 3.31. The molecular weight excluding hydrogens is 226 g/mol. The van der Waals surface area contributed by atoms with Gasteiger partial charge in [0.15, 0.2) is 0 Å². The van der Waals surface area contributed by atoms with Crippen LogP contribution in [-0.2, 0) is 4.79 Å². The number of carbonyl (C=O) groups excluding carboxylic acids is 1. The standard InChI is InChI=1S/C12H22ClNO2/c1-8(2)6-10-7-14(5-4-11(10)15)12(16)9(3)13/h8-11,15H,4-7H2,1-3H3/t9-,10+,11-/m0/s1. The molecule has 16 heavy (non-hydrogen) atoms. The average Bonchev–Trinajstić information content (AvgIpc) is 2.19. The Morgan fingerprint density at radius 2 is 2.12 bits per heavy atom. The number of likely N-dealkylation sites (tertiary alicyclic amines) is 1. The van der Waals surface area contributed by atoms with Gasteiger partial charge >= 0.3 is 0 Å². The minimum Gasteiger partial charge on any atom is -0.393 e. The molecule has 1 rings (SSSR count). The van der Waals surface area contributed by atoms with Gasteiger partial charge in [-0.2, -0.15) is 0 Å². The fourth-order valence-corrected chi connectivity index (χ4v) is 2.45. The molecule has 0 aliphatic carbocycles. The molecule has 4 heteroatoms. The SMILES string of the molecule is CC(C)C[C@@H]1CN(C(=O)[C@H](C)Cl)CC[C@@H]1O. The smallest absolute Gasteiger partial charge is 0.240 e. The van der Waals surface area contributed by atoms with Crippen LogP contribution in [0, 0.1) is 11.8 Å². The molecule has 94 valence electrons. The van der Waals surface area contributed by atoms with E-state index in [1.165, 1.54) is 0 Å². The van der Waals surface area contributed by atoms with Crippen molar-refractivity contribution in [3.05, 3.63) is 0 Å². The molecule has 0 aromatic carbocycles. The second kappa shape index (κ2) is 5.87. The van der Waals surface area contributed by atoms with Crippen molar-refractivity contribution in [1.82, 2.24) is 4.90 Å². The molecule has 0 aromatic heterocycles. The van der Waals surface area contributed by atoms with Crippen LogP contribution in [0.4, 0.5) is 0 Å². The Balaban J connectivity index is 2.56. The van der Waals surface area contributed by atoms with Crippen molar-refractivity contribution in [2.45, 2.75) is 45.1 Å². The zero-order valence-electron chi connectivity index (χ0n) is 10.3. The van der Waals surface area contributed by atoms with Crippen molar-refractivity contribution in [3.8, 4) is 0 Å². The number of hydrogen-bond acceptors (Lipinski definition) is 2. The lowest BCUT2D eigenvalue weighted by molar-refractivity contribution is -0.134. The average molecular weight is 248 g/mol. The maximum Gasteiger partial charge on any atom is 0.240 e. The van der Waals surface area contributed by atoms with Crippen LogP contribution in [0.5, 0.6) is 0 Å². The lowest BCUT2D eigenvalue weighted by Gasteiger charge is -2.37. The molecule has 1 N–H and O–H groups in total. The largest absolute Gasteiger partial charge is 0.393 e. The number of halogens is 1. The van der Waals surface area contributed by atoms with Crippen LogP contribution in [0.1, 0.15) is 33.6 Å². The Labute approximate surface area is 103 Å². The van der Waals surface area contributed by atoms with Gasteiger partial charge in [0.2, 0.25) is 5.91 Å². The first kappa shape index (κ1) is 13.8. The molecule has 0 radical (unpaired) electrons. The summed E-state index contributed by atoms with van der Waals surface area (Å²) in [6.07, 6.45) is 1.37. The molecule has 1 fully saturated rings. The number of carbonyl (C=O) groups is 1. The van der Waals surface area contributed by atoms with E-state index in [2.05, 4.69) is 13.8 Å². The van der Waals surface area contributed by atoms with Gasteiger partial charge in [-0.1, -0.05) is 13.8 Å². The summed E-state index contributed by atoms with van der Waals surface area (Å²) < 4.78 is 0. The van der Waals surface area contributed by atoms with Gasteiger partial charge in [-0.3, -0.25) is 4.79 Å². The molecule has 1 amide bonds. The third kappa shape index (κ3) is 3.63. The highest BCUT2D eigenvalue weighted by Crippen LogP contribution is 2.24. The quantitative estimate of drug-likeness (QED) is 0.774. The van der Waals surface area contributed by atoms with Crippen LogP contribution in [0.25, 0.3) is 0 Å². The summed E-state index contributed by atoms with van der Waals surface area (Å²) in [6.45, 7) is 7.25. The molecule has 0 spiro atoms. The van der Waals surface area contributed by atoms with Gasteiger partial charge in [0, 0.05) is 19.0 Å². The van der Waals surface area contributed by atoms with Crippen molar-refractivity contribution in [1.29, 1.82) is 0 Å². The van der Waals surface area contributed by atoms with Gasteiger partial charge in [0.1, 0.15) is 5.38 Å². The number of rotatable bonds is 3. The number of nitrogens with zero attached hydrogens (tertiary/aromatic N) is 1. The number of alkyl halides is 1. The zero-order chi connectivity index (χ0) is 12.3. The maximum absolute atomic E-state index is 11.7. The fourth-order valence-electron chi connectivity index (χ4n) is 2.31. The molecule has 0 saturated carbocycles. The Morgan fingerprint density at radius 1 is 1.50 bits per heavy atom. The van der Waals surface area contributed by atoms with E-state index in [1.54, 1.807) is 11.8 Å². The van der Waals surface area contributed by atoms with Gasteiger partial charge in [0.25, 0.3) is 0 Å². The molecule has 0 unspecified atom stereocenters. The van der Waals surface area contributed by atoms with Crippen molar-refractivity contribution in [2.75, 3.05) is 13.1 Å². The molecule has 1 aliphatic heterocycles. The van der Waals surface area contributed by atoms with Crippen LogP contribution in [0.15, 0.2) is 0 Å². The molecule has 3 nitrogen and oxygen atoms in total. The molecule has 1 heterocycles. The van der Waals surface area contributed by atoms with E-state index in [4.69, 9.17) is 11.6 Å². The van der Waals surface area contributed by atoms with Gasteiger partial charge in [-0.05, 0) is 25.7 Å². The number of aliphatic hydroxyl groups excluding tert-OH is 1. The molecule has 3 atom stereocenters.